The lowest BCUT2D eigenvalue weighted by molar-refractivity contribution is -0.151. The minimum Gasteiger partial charge on any atom is -0.487 e. The summed E-state index contributed by atoms with van der Waals surface area (Å²) in [7, 11) is -0.471. The molecule has 3 aliphatic heterocycles. The zero-order valence-corrected chi connectivity index (χ0v) is 41.3. The number of fused-ring (bicyclic) bond motifs is 6. The first-order chi connectivity index (χ1) is 32.8. The standard InChI is InChI=1S/C52H54ClFN7O5PS/c1-6-64-52(62)43-28-37-27-34(11-18-42(37)65-31-39-19-20-55-49(58-39)41-9-7-8-10-44(41)67(4,5)63)29-61(26-25-60-23-21-59(3)22-24-60)30-36-14-17-40(33(2)47(36)53)45-46-50(66-43)56-32-57-51(46)68-48(45)35-12-15-38(54)16-13-35/h7-20,27,32,43H,6,21-26,28-31H2,1-5H3/t43-/m1/s1. The highest BCUT2D eigenvalue weighted by Gasteiger charge is 2.30. The molecule has 1 atom stereocenters. The minimum atomic E-state index is -2.63. The summed E-state index contributed by atoms with van der Waals surface area (Å²) in [4.78, 5) is 41.7. The Hall–Kier alpha value is -5.60. The van der Waals surface area contributed by atoms with Crippen LogP contribution in [0.3, 0.4) is 0 Å². The largest absolute Gasteiger partial charge is 0.487 e. The molecule has 0 amide bonds. The minimum absolute atomic E-state index is 0.0857. The molecule has 0 aliphatic carbocycles. The monoisotopic (exact) mass is 973 g/mol. The van der Waals surface area contributed by atoms with Crippen LogP contribution in [0, 0.1) is 12.7 Å². The second-order valence-corrected chi connectivity index (χ2v) is 22.3. The molecule has 6 heterocycles. The molecule has 4 bridgehead atoms. The lowest BCUT2D eigenvalue weighted by Crippen LogP contribution is -2.46. The summed E-state index contributed by atoms with van der Waals surface area (Å²) in [6, 6.07) is 25.9. The Kier molecular flexibility index (Phi) is 14.3. The number of halogens is 2. The van der Waals surface area contributed by atoms with Crippen LogP contribution in [-0.4, -0.2) is 113 Å². The van der Waals surface area contributed by atoms with Crippen molar-refractivity contribution in [1.82, 2.24) is 34.6 Å². The third-order valence-electron chi connectivity index (χ3n) is 12.6. The summed E-state index contributed by atoms with van der Waals surface area (Å²) in [5.74, 6) is 0.289. The molecule has 0 radical (unpaired) electrons. The van der Waals surface area contributed by atoms with Crippen molar-refractivity contribution in [3.8, 4) is 44.6 Å². The second kappa shape index (κ2) is 20.6. The molecule has 4 aromatic carbocycles. The van der Waals surface area contributed by atoms with Crippen molar-refractivity contribution in [3.63, 3.8) is 0 Å². The normalized spacial score (nSPS) is 16.2. The molecule has 12 nitrogen and oxygen atoms in total. The van der Waals surface area contributed by atoms with Crippen LogP contribution in [0.4, 0.5) is 4.39 Å². The van der Waals surface area contributed by atoms with Gasteiger partial charge in [0.1, 0.15) is 36.5 Å². The van der Waals surface area contributed by atoms with Crippen molar-refractivity contribution < 1.29 is 28.0 Å². The fourth-order valence-electron chi connectivity index (χ4n) is 8.92. The maximum atomic E-state index is 14.4. The number of carbonyl (C=O) groups is 1. The molecule has 16 heteroatoms. The van der Waals surface area contributed by atoms with Crippen molar-refractivity contribution in [3.05, 3.63) is 136 Å². The van der Waals surface area contributed by atoms with Gasteiger partial charge in [0.2, 0.25) is 12.0 Å². The highest BCUT2D eigenvalue weighted by molar-refractivity contribution is 7.70. The van der Waals surface area contributed by atoms with Crippen LogP contribution < -0.4 is 14.8 Å². The predicted octanol–water partition coefficient (Wildman–Crippen LogP) is 9.53. The topological polar surface area (TPSA) is 123 Å². The maximum absolute atomic E-state index is 14.4. The third-order valence-corrected chi connectivity index (χ3v) is 15.8. The van der Waals surface area contributed by atoms with E-state index in [2.05, 4.69) is 56.0 Å². The van der Waals surface area contributed by atoms with E-state index in [-0.39, 0.29) is 31.3 Å². The number of ether oxygens (including phenoxy) is 3. The SMILES string of the molecule is CCOC(=O)[C@H]1Cc2cc(ccc2OCc2ccnc(-c3ccccc3P(C)(C)=O)n2)CN(CCN2CCN(C)CC2)Cc2ccc(c(C)c2Cl)-c2c(-c3ccc(F)cc3)sc3ncnc(c23)O1. The molecule has 352 valence electrons. The molecule has 0 spiro atoms. The van der Waals surface area contributed by atoms with Gasteiger partial charge in [-0.15, -0.1) is 11.3 Å². The quantitative estimate of drug-likeness (QED) is 0.0907. The molecule has 1 fully saturated rings. The predicted molar refractivity (Wildman–Crippen MR) is 268 cm³/mol. The Morgan fingerprint density at radius 1 is 0.912 bits per heavy atom. The van der Waals surface area contributed by atoms with E-state index in [1.807, 2.05) is 37.3 Å². The Labute approximate surface area is 405 Å². The average Bonchev–Trinajstić information content (AvgIpc) is 3.72. The molecule has 0 saturated carbocycles. The molecule has 1 saturated heterocycles. The van der Waals surface area contributed by atoms with Crippen LogP contribution >= 0.6 is 30.1 Å². The summed E-state index contributed by atoms with van der Waals surface area (Å²) in [5, 5.41) is 1.96. The van der Waals surface area contributed by atoms with Gasteiger partial charge in [-0.1, -0.05) is 72.3 Å². The Balaban J connectivity index is 1.15. The number of thiophene rings is 1. The van der Waals surface area contributed by atoms with Gasteiger partial charge in [0.05, 0.1) is 17.7 Å². The van der Waals surface area contributed by atoms with Crippen LogP contribution in [0.15, 0.2) is 97.5 Å². The van der Waals surface area contributed by atoms with E-state index in [0.29, 0.717) is 56.5 Å². The van der Waals surface area contributed by atoms with E-state index in [1.54, 1.807) is 44.6 Å². The first-order valence-corrected chi connectivity index (χ1v) is 26.6. The van der Waals surface area contributed by atoms with E-state index >= 15 is 0 Å². The number of rotatable bonds is 11. The summed E-state index contributed by atoms with van der Waals surface area (Å²) >= 11 is 8.87. The van der Waals surface area contributed by atoms with Gasteiger partial charge in [-0.25, -0.2) is 29.1 Å². The Bertz CT molecular complexity index is 3010. The van der Waals surface area contributed by atoms with E-state index in [9.17, 15) is 13.8 Å². The Morgan fingerprint density at radius 3 is 2.47 bits per heavy atom. The van der Waals surface area contributed by atoms with E-state index in [1.165, 1.54) is 29.8 Å². The van der Waals surface area contributed by atoms with Crippen LogP contribution in [0.2, 0.25) is 5.02 Å². The van der Waals surface area contributed by atoms with E-state index in [4.69, 9.17) is 35.8 Å². The number of nitrogens with zero attached hydrogens (tertiary/aromatic N) is 7. The molecule has 3 aliphatic rings. The number of benzene rings is 4. The molecule has 10 rings (SSSR count). The van der Waals surface area contributed by atoms with Crippen molar-refractivity contribution in [1.29, 1.82) is 0 Å². The first-order valence-electron chi connectivity index (χ1n) is 22.8. The van der Waals surface area contributed by atoms with Crippen LogP contribution in [0.25, 0.3) is 43.2 Å². The van der Waals surface area contributed by atoms with Gasteiger partial charge in [0, 0.05) is 91.3 Å². The number of hydrogen-bond acceptors (Lipinski definition) is 13. The van der Waals surface area contributed by atoms with Crippen molar-refractivity contribution in [2.75, 3.05) is 66.3 Å². The van der Waals surface area contributed by atoms with Gasteiger partial charge in [-0.2, -0.15) is 0 Å². The average molecular weight is 975 g/mol. The summed E-state index contributed by atoms with van der Waals surface area (Å²) in [5.41, 5.74) is 7.35. The van der Waals surface area contributed by atoms with Gasteiger partial charge in [-0.05, 0) is 91.9 Å². The van der Waals surface area contributed by atoms with Gasteiger partial charge in [-0.3, -0.25) is 9.80 Å². The number of aromatic nitrogens is 4. The molecule has 7 aromatic rings. The Morgan fingerprint density at radius 2 is 1.69 bits per heavy atom. The molecule has 0 N–H and O–H groups in total. The zero-order valence-electron chi connectivity index (χ0n) is 38.9. The van der Waals surface area contributed by atoms with Crippen molar-refractivity contribution in [2.45, 2.75) is 46.1 Å². The smallest absolute Gasteiger partial charge is 0.347 e. The summed E-state index contributed by atoms with van der Waals surface area (Å²) in [6.07, 6.45) is 2.04. The number of esters is 1. The molecule has 0 unspecified atom stereocenters. The number of piperazine rings is 1. The first kappa shape index (κ1) is 47.5. The fraction of sp³-hybridized carbons (Fsp3) is 0.327. The van der Waals surface area contributed by atoms with Crippen LogP contribution in [0.5, 0.6) is 11.6 Å². The molecular weight excluding hydrogens is 920 g/mol. The number of hydrogen-bond donors (Lipinski definition) is 0. The fourth-order valence-corrected chi connectivity index (χ4v) is 11.5. The van der Waals surface area contributed by atoms with Gasteiger partial charge in [0.25, 0.3) is 0 Å². The molecular formula is C52H54ClFN7O5PS. The van der Waals surface area contributed by atoms with Crippen molar-refractivity contribution >= 4 is 51.6 Å². The highest BCUT2D eigenvalue weighted by atomic mass is 35.5. The van der Waals surface area contributed by atoms with Crippen LogP contribution in [0.1, 0.15) is 34.9 Å². The lowest BCUT2D eigenvalue weighted by Gasteiger charge is -2.34. The van der Waals surface area contributed by atoms with E-state index in [0.717, 1.165) is 83.1 Å². The lowest BCUT2D eigenvalue weighted by atomic mass is 9.94. The maximum Gasteiger partial charge on any atom is 0.347 e. The molecule has 68 heavy (non-hydrogen) atoms. The van der Waals surface area contributed by atoms with Crippen molar-refractivity contribution in [2.24, 2.45) is 0 Å². The third kappa shape index (κ3) is 10.5. The molecule has 3 aromatic heterocycles. The van der Waals surface area contributed by atoms with Crippen LogP contribution in [-0.2, 0) is 40.2 Å². The zero-order chi connectivity index (χ0) is 47.5. The van der Waals surface area contributed by atoms with Gasteiger partial charge >= 0.3 is 5.97 Å². The number of likely N-dealkylation sites (N-methyl/N-ethyl adjacent to an activating group) is 1. The van der Waals surface area contributed by atoms with Gasteiger partial charge < -0.3 is 23.7 Å². The second-order valence-electron chi connectivity index (χ2n) is 17.8. The summed E-state index contributed by atoms with van der Waals surface area (Å²) < 4.78 is 46.7. The van der Waals surface area contributed by atoms with E-state index < -0.39 is 19.2 Å². The van der Waals surface area contributed by atoms with Gasteiger partial charge in [0.15, 0.2) is 5.82 Å². The number of carbonyl (C=O) groups excluding carboxylic acids is 1. The summed E-state index contributed by atoms with van der Waals surface area (Å²) in [6.45, 7) is 14.4. The highest BCUT2D eigenvalue weighted by Crippen LogP contribution is 2.49.